The van der Waals surface area contributed by atoms with Gasteiger partial charge in [0.2, 0.25) is 5.91 Å². The summed E-state index contributed by atoms with van der Waals surface area (Å²) in [7, 11) is 0. The summed E-state index contributed by atoms with van der Waals surface area (Å²) in [4.78, 5) is 53.2. The van der Waals surface area contributed by atoms with Gasteiger partial charge in [-0.3, -0.25) is 24.1 Å². The molecule has 8 nitrogen and oxygen atoms in total. The van der Waals surface area contributed by atoms with Crippen molar-refractivity contribution < 1.29 is 24.3 Å². The van der Waals surface area contributed by atoms with Gasteiger partial charge in [-0.2, -0.15) is 0 Å². The second kappa shape index (κ2) is 7.67. The molecule has 0 unspecified atom stereocenters. The number of fused-ring (bicyclic) bond motifs is 1. The summed E-state index contributed by atoms with van der Waals surface area (Å²) < 4.78 is 0. The second-order valence-corrected chi connectivity index (χ2v) is 7.14. The summed E-state index contributed by atoms with van der Waals surface area (Å²) in [6, 6.07) is 6.63. The number of aromatic nitrogens is 1. The summed E-state index contributed by atoms with van der Waals surface area (Å²) in [6.07, 6.45) is 0.295. The Hall–Kier alpha value is -3.07. The van der Waals surface area contributed by atoms with E-state index in [0.29, 0.717) is 33.3 Å². The van der Waals surface area contributed by atoms with Crippen molar-refractivity contribution in [1.29, 1.82) is 0 Å². The SMILES string of the molecule is Cc1nc(NC(=O)CCCN2C(=O)c3ccccc3C2=O)sc1CC(=O)O. The Labute approximate surface area is 158 Å². The third-order valence-electron chi connectivity index (χ3n) is 4.11. The highest BCUT2D eigenvalue weighted by Crippen LogP contribution is 2.24. The van der Waals surface area contributed by atoms with Gasteiger partial charge in [0.05, 0.1) is 23.2 Å². The fraction of sp³-hybridized carbons (Fsp3) is 0.278. The summed E-state index contributed by atoms with van der Waals surface area (Å²) in [5, 5.41) is 11.8. The van der Waals surface area contributed by atoms with E-state index in [1.54, 1.807) is 31.2 Å². The lowest BCUT2D eigenvalue weighted by Gasteiger charge is -2.13. The van der Waals surface area contributed by atoms with Crippen molar-refractivity contribution in [2.45, 2.75) is 26.2 Å². The van der Waals surface area contributed by atoms with Gasteiger partial charge in [0.25, 0.3) is 11.8 Å². The highest BCUT2D eigenvalue weighted by Gasteiger charge is 2.34. The first-order valence-corrected chi connectivity index (χ1v) is 9.11. The van der Waals surface area contributed by atoms with Crippen molar-refractivity contribution in [1.82, 2.24) is 9.88 Å². The minimum atomic E-state index is -0.958. The van der Waals surface area contributed by atoms with E-state index < -0.39 is 5.97 Å². The van der Waals surface area contributed by atoms with Crippen molar-refractivity contribution in [2.75, 3.05) is 11.9 Å². The van der Waals surface area contributed by atoms with Crippen molar-refractivity contribution in [2.24, 2.45) is 0 Å². The highest BCUT2D eigenvalue weighted by molar-refractivity contribution is 7.16. The van der Waals surface area contributed by atoms with Crippen LogP contribution in [-0.4, -0.2) is 45.2 Å². The molecule has 0 radical (unpaired) electrons. The van der Waals surface area contributed by atoms with Crippen molar-refractivity contribution in [3.63, 3.8) is 0 Å². The molecule has 9 heteroatoms. The molecule has 1 aliphatic heterocycles. The Kier molecular flexibility index (Phi) is 5.31. The maximum Gasteiger partial charge on any atom is 0.308 e. The highest BCUT2D eigenvalue weighted by atomic mass is 32.1. The molecule has 0 fully saturated rings. The van der Waals surface area contributed by atoms with Crippen LogP contribution in [0.25, 0.3) is 0 Å². The van der Waals surface area contributed by atoms with Crippen LogP contribution in [-0.2, 0) is 16.0 Å². The number of carbonyl (C=O) groups is 4. The van der Waals surface area contributed by atoms with Gasteiger partial charge in [-0.05, 0) is 25.5 Å². The number of anilines is 1. The molecule has 1 aliphatic rings. The molecule has 3 rings (SSSR count). The van der Waals surface area contributed by atoms with Crippen LogP contribution in [0.1, 0.15) is 44.1 Å². The number of rotatable bonds is 7. The lowest BCUT2D eigenvalue weighted by atomic mass is 10.1. The Morgan fingerprint density at radius 2 is 1.81 bits per heavy atom. The van der Waals surface area contributed by atoms with Gasteiger partial charge in [-0.25, -0.2) is 4.98 Å². The van der Waals surface area contributed by atoms with Crippen LogP contribution in [0.3, 0.4) is 0 Å². The second-order valence-electron chi connectivity index (χ2n) is 6.06. The van der Waals surface area contributed by atoms with E-state index in [0.717, 1.165) is 16.2 Å². The van der Waals surface area contributed by atoms with E-state index >= 15 is 0 Å². The number of hydrogen-bond donors (Lipinski definition) is 2. The van der Waals surface area contributed by atoms with Crippen LogP contribution in [0.5, 0.6) is 0 Å². The molecule has 1 aromatic heterocycles. The number of nitrogens with zero attached hydrogens (tertiary/aromatic N) is 2. The van der Waals surface area contributed by atoms with Crippen LogP contribution >= 0.6 is 11.3 Å². The van der Waals surface area contributed by atoms with Gasteiger partial charge in [0, 0.05) is 17.8 Å². The molecule has 3 amide bonds. The first-order chi connectivity index (χ1) is 12.9. The molecule has 27 heavy (non-hydrogen) atoms. The van der Waals surface area contributed by atoms with E-state index in [1.807, 2.05) is 0 Å². The molecular formula is C18H17N3O5S. The minimum absolute atomic E-state index is 0.111. The zero-order valence-corrected chi connectivity index (χ0v) is 15.3. The molecule has 0 spiro atoms. The van der Waals surface area contributed by atoms with E-state index in [2.05, 4.69) is 10.3 Å². The standard InChI is InChI=1S/C18H17N3O5S/c1-10-13(9-15(23)24)27-18(19-10)20-14(22)7-4-8-21-16(25)11-5-2-3-6-12(11)17(21)26/h2-3,5-6H,4,7-9H2,1H3,(H,23,24)(H,19,20,22). The summed E-state index contributed by atoms with van der Waals surface area (Å²) in [5.74, 6) is -1.95. The molecule has 2 aromatic rings. The van der Waals surface area contributed by atoms with E-state index in [4.69, 9.17) is 5.11 Å². The van der Waals surface area contributed by atoms with Gasteiger partial charge >= 0.3 is 5.97 Å². The Balaban J connectivity index is 1.51. The summed E-state index contributed by atoms with van der Waals surface area (Å²) in [6.45, 7) is 1.84. The predicted molar refractivity (Wildman–Crippen MR) is 97.9 cm³/mol. The van der Waals surface area contributed by atoms with Gasteiger partial charge in [0.15, 0.2) is 5.13 Å². The molecule has 2 heterocycles. The first kappa shape index (κ1) is 18.7. The van der Waals surface area contributed by atoms with E-state index in [1.165, 1.54) is 0 Å². The molecule has 2 N–H and O–H groups in total. The van der Waals surface area contributed by atoms with Crippen molar-refractivity contribution in [3.05, 3.63) is 46.0 Å². The lowest BCUT2D eigenvalue weighted by molar-refractivity contribution is -0.136. The van der Waals surface area contributed by atoms with Gasteiger partial charge in [-0.15, -0.1) is 11.3 Å². The normalized spacial score (nSPS) is 13.0. The number of imide groups is 1. The quantitative estimate of drug-likeness (QED) is 0.703. The fourth-order valence-corrected chi connectivity index (χ4v) is 3.77. The van der Waals surface area contributed by atoms with Crippen LogP contribution in [0, 0.1) is 6.92 Å². The van der Waals surface area contributed by atoms with E-state index in [-0.39, 0.29) is 37.1 Å². The Bertz CT molecular complexity index is 902. The van der Waals surface area contributed by atoms with Crippen LogP contribution < -0.4 is 5.32 Å². The lowest BCUT2D eigenvalue weighted by Crippen LogP contribution is -2.31. The number of nitrogens with one attached hydrogen (secondary N) is 1. The van der Waals surface area contributed by atoms with E-state index in [9.17, 15) is 19.2 Å². The first-order valence-electron chi connectivity index (χ1n) is 8.30. The molecule has 0 bridgehead atoms. The van der Waals surface area contributed by atoms with Gasteiger partial charge in [-0.1, -0.05) is 12.1 Å². The fourth-order valence-electron chi connectivity index (χ4n) is 2.80. The zero-order chi connectivity index (χ0) is 19.6. The predicted octanol–water partition coefficient (Wildman–Crippen LogP) is 2.09. The summed E-state index contributed by atoms with van der Waals surface area (Å²) >= 11 is 1.12. The van der Waals surface area contributed by atoms with Crippen LogP contribution in [0.2, 0.25) is 0 Å². The maximum absolute atomic E-state index is 12.3. The molecular weight excluding hydrogens is 370 g/mol. The number of carboxylic acid groups (broad SMARTS) is 1. The van der Waals surface area contributed by atoms with Crippen LogP contribution in [0.15, 0.2) is 24.3 Å². The molecule has 0 saturated carbocycles. The third kappa shape index (κ3) is 4.03. The van der Waals surface area contributed by atoms with Gasteiger partial charge in [0.1, 0.15) is 0 Å². The molecule has 0 atom stereocenters. The number of hydrogen-bond acceptors (Lipinski definition) is 6. The zero-order valence-electron chi connectivity index (χ0n) is 14.5. The smallest absolute Gasteiger partial charge is 0.308 e. The van der Waals surface area contributed by atoms with Crippen molar-refractivity contribution >= 4 is 40.2 Å². The minimum Gasteiger partial charge on any atom is -0.481 e. The molecule has 0 aliphatic carbocycles. The number of carboxylic acids is 1. The average Bonchev–Trinajstić information content (AvgIpc) is 3.06. The number of benzene rings is 1. The number of aliphatic carboxylic acids is 1. The molecule has 0 saturated heterocycles. The van der Waals surface area contributed by atoms with Crippen molar-refractivity contribution in [3.8, 4) is 0 Å². The largest absolute Gasteiger partial charge is 0.481 e. The molecule has 1 aromatic carbocycles. The Morgan fingerprint density at radius 1 is 1.19 bits per heavy atom. The number of carbonyl (C=O) groups excluding carboxylic acids is 3. The monoisotopic (exact) mass is 387 g/mol. The Morgan fingerprint density at radius 3 is 2.41 bits per heavy atom. The number of aryl methyl sites for hydroxylation is 1. The third-order valence-corrected chi connectivity index (χ3v) is 5.19. The van der Waals surface area contributed by atoms with Gasteiger partial charge < -0.3 is 10.4 Å². The topological polar surface area (TPSA) is 117 Å². The summed E-state index contributed by atoms with van der Waals surface area (Å²) in [5.41, 5.74) is 1.34. The number of amides is 3. The maximum atomic E-state index is 12.3. The van der Waals surface area contributed by atoms with Crippen LogP contribution in [0.4, 0.5) is 5.13 Å². The molecule has 140 valence electrons. The number of thiazole rings is 1. The average molecular weight is 387 g/mol.